The summed E-state index contributed by atoms with van der Waals surface area (Å²) in [5.41, 5.74) is 6.95. The molecule has 2 aliphatic heterocycles. The maximum absolute atomic E-state index is 15.8. The minimum absolute atomic E-state index is 0. The van der Waals surface area contributed by atoms with Gasteiger partial charge in [-0.2, -0.15) is 0 Å². The van der Waals surface area contributed by atoms with E-state index in [4.69, 9.17) is 10.5 Å². The first-order valence-electron chi connectivity index (χ1n) is 13.9. The number of nitrogens with one attached hydrogen (secondary N) is 1. The van der Waals surface area contributed by atoms with Crippen LogP contribution in [0.4, 0.5) is 10.1 Å². The minimum Gasteiger partial charge on any atom is -0.451 e. The molecule has 4 aromatic rings. The number of carbonyl (C=O) groups is 1. The predicted octanol–water partition coefficient (Wildman–Crippen LogP) is 4.66. The highest BCUT2D eigenvalue weighted by molar-refractivity contribution is 6.02. The van der Waals surface area contributed by atoms with Crippen molar-refractivity contribution in [2.24, 2.45) is 10.7 Å². The van der Waals surface area contributed by atoms with E-state index in [1.807, 2.05) is 60.3 Å². The van der Waals surface area contributed by atoms with Gasteiger partial charge in [-0.15, -0.1) is 0 Å². The Bertz CT molecular complexity index is 1750. The summed E-state index contributed by atoms with van der Waals surface area (Å²) < 4.78 is 24.0. The second kappa shape index (κ2) is 11.8. The molecule has 9 nitrogen and oxygen atoms in total. The molecule has 0 spiro atoms. The Morgan fingerprint density at radius 2 is 1.98 bits per heavy atom. The summed E-state index contributed by atoms with van der Waals surface area (Å²) in [4.78, 5) is 35.0. The van der Waals surface area contributed by atoms with Crippen LogP contribution in [0.5, 0.6) is 11.5 Å². The molecule has 1 amide bonds. The molecule has 220 valence electrons. The van der Waals surface area contributed by atoms with Gasteiger partial charge in [0.15, 0.2) is 17.3 Å². The van der Waals surface area contributed by atoms with Gasteiger partial charge in [0.1, 0.15) is 16.8 Å². The number of ether oxygens (including phenoxy) is 1. The number of halogens is 1. The van der Waals surface area contributed by atoms with E-state index in [9.17, 15) is 9.59 Å². The molecule has 0 radical (unpaired) electrons. The van der Waals surface area contributed by atoms with Crippen molar-refractivity contribution in [3.8, 4) is 17.2 Å². The normalized spacial score (nSPS) is 15.5. The average molecular weight is 573 g/mol. The van der Waals surface area contributed by atoms with Crippen molar-refractivity contribution in [2.45, 2.75) is 32.7 Å². The van der Waals surface area contributed by atoms with Gasteiger partial charge in [0.2, 0.25) is 5.43 Å². The Kier molecular flexibility index (Phi) is 8.17. The zero-order chi connectivity index (χ0) is 28.7. The van der Waals surface area contributed by atoms with Crippen LogP contribution in [0.15, 0.2) is 58.4 Å². The van der Waals surface area contributed by atoms with Crippen LogP contribution in [0.3, 0.4) is 0 Å². The number of nitrogens with two attached hydrogens (primary N) is 1. The van der Waals surface area contributed by atoms with E-state index in [-0.39, 0.29) is 35.9 Å². The van der Waals surface area contributed by atoms with Crippen LogP contribution in [0.25, 0.3) is 27.4 Å². The largest absolute Gasteiger partial charge is 0.451 e. The van der Waals surface area contributed by atoms with Crippen molar-refractivity contribution >= 4 is 39.6 Å². The average Bonchev–Trinajstić information content (AvgIpc) is 3.37. The highest BCUT2D eigenvalue weighted by Crippen LogP contribution is 2.48. The van der Waals surface area contributed by atoms with Crippen molar-refractivity contribution in [1.82, 2.24) is 14.8 Å². The Hall–Kier alpha value is -4.44. The van der Waals surface area contributed by atoms with Crippen molar-refractivity contribution in [3.05, 3.63) is 70.3 Å². The van der Waals surface area contributed by atoms with Gasteiger partial charge in [-0.05, 0) is 48.2 Å². The quantitative estimate of drug-likeness (QED) is 0.159. The molecule has 3 heterocycles. The van der Waals surface area contributed by atoms with E-state index in [0.29, 0.717) is 49.6 Å². The van der Waals surface area contributed by atoms with Crippen LogP contribution in [0.1, 0.15) is 37.0 Å². The van der Waals surface area contributed by atoms with Gasteiger partial charge < -0.3 is 30.2 Å². The summed E-state index contributed by atoms with van der Waals surface area (Å²) in [6.45, 7) is 2.10. The molecule has 0 unspecified atom stereocenters. The molecule has 0 saturated carbocycles. The summed E-state index contributed by atoms with van der Waals surface area (Å²) in [5.74, 6) is -0.298. The molecule has 1 atom stereocenters. The van der Waals surface area contributed by atoms with Gasteiger partial charge in [-0.1, -0.05) is 31.7 Å². The second-order valence-corrected chi connectivity index (χ2v) is 10.9. The van der Waals surface area contributed by atoms with Crippen LogP contribution in [0.2, 0.25) is 0 Å². The summed E-state index contributed by atoms with van der Waals surface area (Å²) in [7, 11) is 3.81. The predicted molar refractivity (Wildman–Crippen MR) is 167 cm³/mol. The van der Waals surface area contributed by atoms with Gasteiger partial charge in [-0.3, -0.25) is 14.6 Å². The van der Waals surface area contributed by atoms with E-state index >= 15 is 4.39 Å². The first-order valence-corrected chi connectivity index (χ1v) is 13.9. The number of pyridine rings is 1. The van der Waals surface area contributed by atoms with Crippen LogP contribution in [-0.2, 0) is 0 Å². The molecule has 1 aromatic heterocycles. The fourth-order valence-electron chi connectivity index (χ4n) is 5.58. The number of rotatable bonds is 8. The molecular formula is C32H37FN6O3. The number of nitrogens with zero attached hydrogens (tertiary/aromatic N) is 4. The fraction of sp³-hybridized carbons (Fsp3) is 0.344. The van der Waals surface area contributed by atoms with E-state index < -0.39 is 17.2 Å². The zero-order valence-corrected chi connectivity index (χ0v) is 23.2. The Morgan fingerprint density at radius 1 is 1.21 bits per heavy atom. The standard InChI is InChI=1S/C31H33FN6O3.CH4/c1-36(2)18-34-10-5-6-11-35-31(40)23-17-38-25-13-19-7-3-4-8-20(19)14-26(25)41-30-27(38)22(29(23)39)15-24(32)28(30)37-12-9-21(33)16-37;/h3-4,7-8,13-15,17-18,21H,5-6,9-12,16,33H2,1-2H3,(H,35,40);1H4/t21-;/m1./s1. The fourth-order valence-corrected chi connectivity index (χ4v) is 5.58. The Morgan fingerprint density at radius 3 is 2.69 bits per heavy atom. The van der Waals surface area contributed by atoms with Gasteiger partial charge in [0.05, 0.1) is 17.4 Å². The van der Waals surface area contributed by atoms with Crippen molar-refractivity contribution in [2.75, 3.05) is 45.2 Å². The summed E-state index contributed by atoms with van der Waals surface area (Å²) in [6.07, 6.45) is 5.54. The molecule has 1 fully saturated rings. The number of hydrogen-bond donors (Lipinski definition) is 2. The molecule has 1 saturated heterocycles. The maximum Gasteiger partial charge on any atom is 0.256 e. The van der Waals surface area contributed by atoms with E-state index in [1.165, 1.54) is 6.07 Å². The van der Waals surface area contributed by atoms with Gasteiger partial charge in [0.25, 0.3) is 5.91 Å². The van der Waals surface area contributed by atoms with Crippen LogP contribution in [0, 0.1) is 5.82 Å². The first-order chi connectivity index (χ1) is 19.8. The van der Waals surface area contributed by atoms with E-state index in [1.54, 1.807) is 17.1 Å². The topological polar surface area (TPSA) is 105 Å². The van der Waals surface area contributed by atoms with Crippen LogP contribution in [-0.4, -0.2) is 68.0 Å². The molecule has 10 heteroatoms. The van der Waals surface area contributed by atoms with Gasteiger partial charge in [-0.25, -0.2) is 4.39 Å². The number of anilines is 1. The maximum atomic E-state index is 15.8. The number of aliphatic imine (C=N–C) groups is 1. The van der Waals surface area contributed by atoms with E-state index in [0.717, 1.165) is 23.6 Å². The second-order valence-electron chi connectivity index (χ2n) is 10.9. The molecule has 3 N–H and O–H groups in total. The third kappa shape index (κ3) is 5.30. The highest BCUT2D eigenvalue weighted by atomic mass is 19.1. The number of hydrogen-bond acceptors (Lipinski definition) is 6. The lowest BCUT2D eigenvalue weighted by Crippen LogP contribution is -2.31. The number of fused-ring (bicyclic) bond motifs is 3. The summed E-state index contributed by atoms with van der Waals surface area (Å²) >= 11 is 0. The lowest BCUT2D eigenvalue weighted by molar-refractivity contribution is 0.0951. The van der Waals surface area contributed by atoms with Gasteiger partial charge >= 0.3 is 0 Å². The van der Waals surface area contributed by atoms with E-state index in [2.05, 4.69) is 10.3 Å². The first kappa shape index (κ1) is 29.1. The monoisotopic (exact) mass is 572 g/mol. The molecule has 2 aliphatic rings. The SMILES string of the molecule is C.CN(C)C=NCCCCNC(=O)c1cn2c3c(c(N4CC[C@@H](N)C4)c(F)cc3c1=O)Oc1cc3ccccc3cc1-2. The molecule has 0 aliphatic carbocycles. The number of benzene rings is 3. The summed E-state index contributed by atoms with van der Waals surface area (Å²) in [6, 6.07) is 12.9. The molecule has 0 bridgehead atoms. The molecule has 3 aromatic carbocycles. The number of unbranched alkanes of at least 4 members (excludes halogenated alkanes) is 1. The lowest BCUT2D eigenvalue weighted by atomic mass is 10.0. The van der Waals surface area contributed by atoms with Crippen molar-refractivity contribution < 1.29 is 13.9 Å². The Labute approximate surface area is 244 Å². The number of carbonyl (C=O) groups excluding carboxylic acids is 1. The molecular weight excluding hydrogens is 535 g/mol. The van der Waals surface area contributed by atoms with Crippen LogP contribution >= 0.6 is 0 Å². The smallest absolute Gasteiger partial charge is 0.256 e. The van der Waals surface area contributed by atoms with Crippen molar-refractivity contribution in [1.29, 1.82) is 0 Å². The third-order valence-corrected chi connectivity index (χ3v) is 7.57. The zero-order valence-electron chi connectivity index (χ0n) is 23.2. The molecule has 6 rings (SSSR count). The molecule has 42 heavy (non-hydrogen) atoms. The highest BCUT2D eigenvalue weighted by Gasteiger charge is 2.32. The minimum atomic E-state index is -0.578. The van der Waals surface area contributed by atoms with Gasteiger partial charge in [0, 0.05) is 52.5 Å². The van der Waals surface area contributed by atoms with Crippen LogP contribution < -0.4 is 26.1 Å². The number of amides is 1. The summed E-state index contributed by atoms with van der Waals surface area (Å²) in [5, 5.41) is 4.88. The number of aromatic nitrogens is 1. The lowest BCUT2D eigenvalue weighted by Gasteiger charge is -2.29. The Balaban J connectivity index is 0.00000353. The van der Waals surface area contributed by atoms with Crippen molar-refractivity contribution in [3.63, 3.8) is 0 Å². The third-order valence-electron chi connectivity index (χ3n) is 7.57.